The summed E-state index contributed by atoms with van der Waals surface area (Å²) in [4.78, 5) is 1.01. The molecule has 0 saturated heterocycles. The lowest BCUT2D eigenvalue weighted by atomic mass is 10.3. The van der Waals surface area contributed by atoms with Gasteiger partial charge in [0.2, 0.25) is 0 Å². The van der Waals surface area contributed by atoms with Crippen molar-refractivity contribution in [3.05, 3.63) is 36.7 Å². The van der Waals surface area contributed by atoms with Crippen LogP contribution in [0.4, 0.5) is 5.69 Å². The lowest BCUT2D eigenvalue weighted by Gasteiger charge is -2.07. The van der Waals surface area contributed by atoms with Crippen LogP contribution in [0.1, 0.15) is 0 Å². The van der Waals surface area contributed by atoms with Crippen molar-refractivity contribution in [2.45, 2.75) is 10.8 Å². The molecular weight excluding hydrogens is 222 g/mol. The van der Waals surface area contributed by atoms with Crippen LogP contribution in [0.5, 0.6) is 5.75 Å². The molecule has 0 unspecified atom stereocenters. The van der Waals surface area contributed by atoms with Gasteiger partial charge in [0.05, 0.1) is 13.0 Å². The second kappa shape index (κ2) is 4.94. The molecule has 0 aliphatic carbocycles. The van der Waals surface area contributed by atoms with Crippen molar-refractivity contribution in [2.75, 3.05) is 12.8 Å². The molecule has 5 heteroatoms. The van der Waals surface area contributed by atoms with Crippen LogP contribution in [0.2, 0.25) is 0 Å². The Morgan fingerprint density at radius 1 is 1.50 bits per heavy atom. The largest absolute Gasteiger partial charge is 0.497 e. The van der Waals surface area contributed by atoms with E-state index in [0.29, 0.717) is 0 Å². The smallest absolute Gasteiger partial charge is 0.120 e. The van der Waals surface area contributed by atoms with Gasteiger partial charge in [-0.05, 0) is 24.3 Å². The van der Waals surface area contributed by atoms with Gasteiger partial charge in [0.15, 0.2) is 0 Å². The van der Waals surface area contributed by atoms with Crippen LogP contribution in [-0.2, 0) is 5.88 Å². The number of nitrogen functional groups attached to an aromatic ring is 1. The summed E-state index contributed by atoms with van der Waals surface area (Å²) in [6.07, 6.45) is 3.68. The summed E-state index contributed by atoms with van der Waals surface area (Å²) in [5, 5.41) is 4.13. The maximum absolute atomic E-state index is 5.88. The number of anilines is 1. The van der Waals surface area contributed by atoms with Crippen molar-refractivity contribution in [1.29, 1.82) is 0 Å². The molecule has 0 atom stereocenters. The highest BCUT2D eigenvalue weighted by Gasteiger charge is 2.02. The number of hydrogen-bond acceptors (Lipinski definition) is 4. The highest BCUT2D eigenvalue weighted by Crippen LogP contribution is 2.29. The molecule has 2 rings (SSSR count). The molecule has 0 radical (unpaired) electrons. The van der Waals surface area contributed by atoms with E-state index in [2.05, 4.69) is 5.10 Å². The van der Waals surface area contributed by atoms with Gasteiger partial charge in [0, 0.05) is 23.0 Å². The summed E-state index contributed by atoms with van der Waals surface area (Å²) in [6.45, 7) is 0. The monoisotopic (exact) mass is 235 g/mol. The Morgan fingerprint density at radius 3 is 3.06 bits per heavy atom. The summed E-state index contributed by atoms with van der Waals surface area (Å²) in [6, 6.07) is 7.54. The van der Waals surface area contributed by atoms with Gasteiger partial charge in [0.25, 0.3) is 0 Å². The van der Waals surface area contributed by atoms with Crippen LogP contribution >= 0.6 is 11.8 Å². The Bertz CT molecular complexity index is 456. The Balaban J connectivity index is 2.08. The van der Waals surface area contributed by atoms with Crippen molar-refractivity contribution in [3.8, 4) is 5.75 Å². The summed E-state index contributed by atoms with van der Waals surface area (Å²) in [5.74, 6) is 1.56. The van der Waals surface area contributed by atoms with Crippen LogP contribution < -0.4 is 10.5 Å². The zero-order valence-electron chi connectivity index (χ0n) is 8.96. The first-order valence-electron chi connectivity index (χ1n) is 4.83. The summed E-state index contributed by atoms with van der Waals surface area (Å²) < 4.78 is 7.01. The third-order valence-corrected chi connectivity index (χ3v) is 3.19. The van der Waals surface area contributed by atoms with E-state index >= 15 is 0 Å². The fourth-order valence-electron chi connectivity index (χ4n) is 1.28. The number of benzene rings is 1. The fourth-order valence-corrected chi connectivity index (χ4v) is 2.14. The Morgan fingerprint density at radius 2 is 2.38 bits per heavy atom. The molecule has 0 spiro atoms. The summed E-state index contributed by atoms with van der Waals surface area (Å²) in [7, 11) is 1.65. The van der Waals surface area contributed by atoms with Crippen molar-refractivity contribution in [2.24, 2.45) is 0 Å². The molecule has 0 fully saturated rings. The highest BCUT2D eigenvalue weighted by atomic mass is 32.2. The van der Waals surface area contributed by atoms with E-state index in [1.54, 1.807) is 25.1 Å². The molecule has 1 aromatic heterocycles. The van der Waals surface area contributed by atoms with Gasteiger partial charge in [-0.1, -0.05) is 0 Å². The third kappa shape index (κ3) is 2.49. The van der Waals surface area contributed by atoms with Crippen LogP contribution in [-0.4, -0.2) is 16.9 Å². The van der Waals surface area contributed by atoms with Crippen LogP contribution in [0.3, 0.4) is 0 Å². The average Bonchev–Trinajstić information content (AvgIpc) is 2.81. The quantitative estimate of drug-likeness (QED) is 0.652. The first-order valence-corrected chi connectivity index (χ1v) is 5.82. The van der Waals surface area contributed by atoms with E-state index < -0.39 is 0 Å². The topological polar surface area (TPSA) is 53.1 Å². The Labute approximate surface area is 98.4 Å². The average molecular weight is 235 g/mol. The van der Waals surface area contributed by atoms with Crippen molar-refractivity contribution in [3.63, 3.8) is 0 Å². The summed E-state index contributed by atoms with van der Waals surface area (Å²) in [5.41, 5.74) is 6.64. The molecule has 0 aliphatic heterocycles. The molecule has 84 valence electrons. The second-order valence-electron chi connectivity index (χ2n) is 3.22. The minimum Gasteiger partial charge on any atom is -0.497 e. The van der Waals surface area contributed by atoms with E-state index in [0.717, 1.165) is 22.2 Å². The lowest BCUT2D eigenvalue weighted by molar-refractivity contribution is 0.414. The molecule has 0 bridgehead atoms. The Hall–Kier alpha value is -1.62. The molecule has 1 aromatic carbocycles. The second-order valence-corrected chi connectivity index (χ2v) is 4.21. The summed E-state index contributed by atoms with van der Waals surface area (Å²) >= 11 is 1.63. The number of aromatic nitrogens is 2. The SMILES string of the molecule is COc1ccc(N)c(SCn2cccn2)c1. The van der Waals surface area contributed by atoms with Crippen LogP contribution in [0, 0.1) is 0 Å². The molecule has 0 aliphatic rings. The zero-order chi connectivity index (χ0) is 11.4. The Kier molecular flexibility index (Phi) is 3.36. The number of methoxy groups -OCH3 is 1. The standard InChI is InChI=1S/C11H13N3OS/c1-15-9-3-4-10(12)11(7-9)16-8-14-6-2-5-13-14/h2-7H,8,12H2,1H3. The first kappa shape index (κ1) is 10.9. The first-order chi connectivity index (χ1) is 7.79. The molecule has 4 nitrogen and oxygen atoms in total. The number of ether oxygens (including phenoxy) is 1. The molecule has 16 heavy (non-hydrogen) atoms. The van der Waals surface area contributed by atoms with Crippen LogP contribution in [0.25, 0.3) is 0 Å². The minimum atomic E-state index is 0.740. The number of nitrogens with zero attached hydrogens (tertiary/aromatic N) is 2. The van der Waals surface area contributed by atoms with E-state index in [9.17, 15) is 0 Å². The van der Waals surface area contributed by atoms with Gasteiger partial charge >= 0.3 is 0 Å². The maximum Gasteiger partial charge on any atom is 0.120 e. The van der Waals surface area contributed by atoms with E-state index in [4.69, 9.17) is 10.5 Å². The van der Waals surface area contributed by atoms with Gasteiger partial charge in [-0.2, -0.15) is 5.10 Å². The molecule has 2 aromatic rings. The van der Waals surface area contributed by atoms with Gasteiger partial charge in [-0.15, -0.1) is 11.8 Å². The molecule has 2 N–H and O–H groups in total. The highest BCUT2D eigenvalue weighted by molar-refractivity contribution is 7.98. The number of rotatable bonds is 4. The fraction of sp³-hybridized carbons (Fsp3) is 0.182. The van der Waals surface area contributed by atoms with Gasteiger partial charge in [-0.25, -0.2) is 0 Å². The van der Waals surface area contributed by atoms with Crippen LogP contribution in [0.15, 0.2) is 41.6 Å². The van der Waals surface area contributed by atoms with E-state index in [1.165, 1.54) is 0 Å². The molecule has 0 saturated carbocycles. The third-order valence-electron chi connectivity index (χ3n) is 2.13. The molecule has 0 amide bonds. The van der Waals surface area contributed by atoms with E-state index in [-0.39, 0.29) is 0 Å². The predicted octanol–water partition coefficient (Wildman–Crippen LogP) is 2.22. The number of thioether (sulfide) groups is 1. The van der Waals surface area contributed by atoms with Gasteiger partial charge in [0.1, 0.15) is 5.75 Å². The van der Waals surface area contributed by atoms with Crippen molar-refractivity contribution >= 4 is 17.4 Å². The predicted molar refractivity (Wildman–Crippen MR) is 65.5 cm³/mol. The lowest BCUT2D eigenvalue weighted by Crippen LogP contribution is -1.96. The number of nitrogens with two attached hydrogens (primary N) is 1. The normalized spacial score (nSPS) is 10.3. The van der Waals surface area contributed by atoms with Crippen molar-refractivity contribution in [1.82, 2.24) is 9.78 Å². The van der Waals surface area contributed by atoms with Gasteiger partial charge in [-0.3, -0.25) is 4.68 Å². The van der Waals surface area contributed by atoms with Crippen molar-refractivity contribution < 1.29 is 4.74 Å². The number of hydrogen-bond donors (Lipinski definition) is 1. The maximum atomic E-state index is 5.88. The van der Waals surface area contributed by atoms with Gasteiger partial charge < -0.3 is 10.5 Å². The zero-order valence-corrected chi connectivity index (χ0v) is 9.78. The molecular formula is C11H13N3OS. The molecule has 1 heterocycles. The minimum absolute atomic E-state index is 0.740. The van der Waals surface area contributed by atoms with E-state index in [1.807, 2.05) is 35.1 Å².